The van der Waals surface area contributed by atoms with Crippen LogP contribution in [0.2, 0.25) is 0 Å². The molecule has 2 aromatic rings. The zero-order chi connectivity index (χ0) is 12.5. The molecule has 1 heterocycles. The second-order valence-corrected chi connectivity index (χ2v) is 5.28. The highest BCUT2D eigenvalue weighted by Gasteiger charge is 2.18. The largest absolute Gasteiger partial charge is 0.397 e. The van der Waals surface area contributed by atoms with E-state index in [1.807, 2.05) is 30.5 Å². The fourth-order valence-corrected chi connectivity index (χ4v) is 1.90. The molecule has 1 aromatic heterocycles. The summed E-state index contributed by atoms with van der Waals surface area (Å²) in [6.45, 7) is 6.36. The molecule has 0 spiro atoms. The average Bonchev–Trinajstić information content (AvgIpc) is 2.28. The molecular weight excluding hydrogens is 208 g/mol. The maximum Gasteiger partial charge on any atom is 0.0686 e. The van der Waals surface area contributed by atoms with E-state index in [0.29, 0.717) is 0 Å². The van der Waals surface area contributed by atoms with Gasteiger partial charge in [0.15, 0.2) is 0 Å². The molecule has 2 rings (SSSR count). The monoisotopic (exact) mass is 226 g/mol. The Bertz CT molecular complexity index is 510. The lowest BCUT2D eigenvalue weighted by Crippen LogP contribution is -2.16. The van der Waals surface area contributed by atoms with E-state index in [2.05, 4.69) is 37.9 Å². The van der Waals surface area contributed by atoms with E-state index in [1.54, 1.807) is 0 Å². The number of nitrogen functional groups attached to an aromatic ring is 1. The number of nitrogens with zero attached hydrogens (tertiary/aromatic N) is 1. The van der Waals surface area contributed by atoms with Crippen LogP contribution in [0.3, 0.4) is 0 Å². The molecule has 1 aromatic carbocycles. The quantitative estimate of drug-likeness (QED) is 0.806. The van der Waals surface area contributed by atoms with Gasteiger partial charge in [-0.05, 0) is 11.6 Å². The first-order valence-electron chi connectivity index (χ1n) is 5.80. The molecule has 2 heteroatoms. The van der Waals surface area contributed by atoms with Gasteiger partial charge in [-0.25, -0.2) is 0 Å². The predicted octanol–water partition coefficient (Wildman–Crippen LogP) is 3.63. The molecule has 0 unspecified atom stereocenters. The molecule has 0 aliphatic heterocycles. The second kappa shape index (κ2) is 4.21. The molecule has 0 radical (unpaired) electrons. The maximum absolute atomic E-state index is 6.08. The minimum Gasteiger partial charge on any atom is -0.397 e. The molecule has 0 bridgehead atoms. The van der Waals surface area contributed by atoms with Crippen molar-refractivity contribution in [3.8, 4) is 11.1 Å². The lowest BCUT2D eigenvalue weighted by atomic mass is 9.90. The number of hydrogen-bond donors (Lipinski definition) is 1. The first-order chi connectivity index (χ1) is 7.98. The maximum atomic E-state index is 6.08. The molecule has 2 N–H and O–H groups in total. The van der Waals surface area contributed by atoms with Crippen LogP contribution in [0.1, 0.15) is 26.5 Å². The topological polar surface area (TPSA) is 38.9 Å². The summed E-state index contributed by atoms with van der Waals surface area (Å²) in [6, 6.07) is 12.2. The van der Waals surface area contributed by atoms with Crippen LogP contribution in [-0.2, 0) is 5.41 Å². The molecule has 2 nitrogen and oxygen atoms in total. The number of benzene rings is 1. The third-order valence-electron chi connectivity index (χ3n) is 2.73. The van der Waals surface area contributed by atoms with Crippen LogP contribution in [-0.4, -0.2) is 4.98 Å². The average molecular weight is 226 g/mol. The molecule has 0 amide bonds. The van der Waals surface area contributed by atoms with Crippen LogP contribution in [0, 0.1) is 0 Å². The first-order valence-corrected chi connectivity index (χ1v) is 5.80. The lowest BCUT2D eigenvalue weighted by Gasteiger charge is -2.20. The second-order valence-electron chi connectivity index (χ2n) is 5.28. The third kappa shape index (κ3) is 2.47. The standard InChI is InChI=1S/C15H18N2/c1-15(2,3)14-13(16)9-12(10-17-14)11-7-5-4-6-8-11/h4-10H,16H2,1-3H3. The highest BCUT2D eigenvalue weighted by molar-refractivity contribution is 5.67. The Kier molecular flexibility index (Phi) is 2.88. The van der Waals surface area contributed by atoms with E-state index in [-0.39, 0.29) is 5.41 Å². The minimum atomic E-state index is -0.0146. The smallest absolute Gasteiger partial charge is 0.0686 e. The fraction of sp³-hybridized carbons (Fsp3) is 0.267. The molecule has 0 fully saturated rings. The number of rotatable bonds is 1. The van der Waals surface area contributed by atoms with Gasteiger partial charge in [-0.15, -0.1) is 0 Å². The molecule has 88 valence electrons. The van der Waals surface area contributed by atoms with Crippen LogP contribution in [0.25, 0.3) is 11.1 Å². The third-order valence-corrected chi connectivity index (χ3v) is 2.73. The first kappa shape index (κ1) is 11.6. The van der Waals surface area contributed by atoms with Gasteiger partial charge in [0.05, 0.1) is 11.4 Å². The summed E-state index contributed by atoms with van der Waals surface area (Å²) in [5.41, 5.74) is 10.00. The Balaban J connectivity index is 2.45. The summed E-state index contributed by atoms with van der Waals surface area (Å²) in [5, 5.41) is 0. The Morgan fingerprint density at radius 2 is 1.65 bits per heavy atom. The zero-order valence-electron chi connectivity index (χ0n) is 10.6. The van der Waals surface area contributed by atoms with Crippen LogP contribution < -0.4 is 5.73 Å². The summed E-state index contributed by atoms with van der Waals surface area (Å²) in [6.07, 6.45) is 1.90. The molecule has 0 atom stereocenters. The predicted molar refractivity (Wildman–Crippen MR) is 72.8 cm³/mol. The number of nitrogens with two attached hydrogens (primary N) is 1. The molecule has 0 aliphatic carbocycles. The number of hydrogen-bond acceptors (Lipinski definition) is 2. The summed E-state index contributed by atoms with van der Waals surface area (Å²) in [7, 11) is 0. The number of pyridine rings is 1. The minimum absolute atomic E-state index is 0.0146. The van der Waals surface area contributed by atoms with Gasteiger partial charge in [-0.1, -0.05) is 51.1 Å². The van der Waals surface area contributed by atoms with Crippen LogP contribution in [0.15, 0.2) is 42.6 Å². The highest BCUT2D eigenvalue weighted by atomic mass is 14.8. The van der Waals surface area contributed by atoms with E-state index in [1.165, 1.54) is 0 Å². The van der Waals surface area contributed by atoms with Crippen molar-refractivity contribution in [1.29, 1.82) is 0 Å². The molecule has 0 saturated heterocycles. The highest BCUT2D eigenvalue weighted by Crippen LogP contribution is 2.29. The Labute approximate surface area is 103 Å². The summed E-state index contributed by atoms with van der Waals surface area (Å²) in [5.74, 6) is 0. The van der Waals surface area contributed by atoms with Crippen molar-refractivity contribution in [1.82, 2.24) is 4.98 Å². The van der Waals surface area contributed by atoms with E-state index in [9.17, 15) is 0 Å². The zero-order valence-corrected chi connectivity index (χ0v) is 10.6. The van der Waals surface area contributed by atoms with Crippen molar-refractivity contribution in [3.63, 3.8) is 0 Å². The Morgan fingerprint density at radius 1 is 1.00 bits per heavy atom. The van der Waals surface area contributed by atoms with E-state index >= 15 is 0 Å². The van der Waals surface area contributed by atoms with Gasteiger partial charge in [0.25, 0.3) is 0 Å². The van der Waals surface area contributed by atoms with Crippen LogP contribution >= 0.6 is 0 Å². The lowest BCUT2D eigenvalue weighted by molar-refractivity contribution is 0.572. The fourth-order valence-electron chi connectivity index (χ4n) is 1.90. The van der Waals surface area contributed by atoms with Gasteiger partial charge in [-0.3, -0.25) is 4.98 Å². The summed E-state index contributed by atoms with van der Waals surface area (Å²) >= 11 is 0. The van der Waals surface area contributed by atoms with Crippen LogP contribution in [0.5, 0.6) is 0 Å². The van der Waals surface area contributed by atoms with Gasteiger partial charge in [-0.2, -0.15) is 0 Å². The Hall–Kier alpha value is -1.83. The van der Waals surface area contributed by atoms with Gasteiger partial charge < -0.3 is 5.73 Å². The van der Waals surface area contributed by atoms with E-state index < -0.39 is 0 Å². The van der Waals surface area contributed by atoms with E-state index in [4.69, 9.17) is 5.73 Å². The van der Waals surface area contributed by atoms with E-state index in [0.717, 1.165) is 22.5 Å². The number of anilines is 1. The molecule has 0 saturated carbocycles. The van der Waals surface area contributed by atoms with Gasteiger partial charge in [0, 0.05) is 17.2 Å². The van der Waals surface area contributed by atoms with Gasteiger partial charge >= 0.3 is 0 Å². The summed E-state index contributed by atoms with van der Waals surface area (Å²) in [4.78, 5) is 4.50. The molecule has 0 aliphatic rings. The van der Waals surface area contributed by atoms with Crippen LogP contribution in [0.4, 0.5) is 5.69 Å². The van der Waals surface area contributed by atoms with Crippen molar-refractivity contribution in [2.45, 2.75) is 26.2 Å². The van der Waals surface area contributed by atoms with Crippen molar-refractivity contribution >= 4 is 5.69 Å². The van der Waals surface area contributed by atoms with Crippen molar-refractivity contribution < 1.29 is 0 Å². The Morgan fingerprint density at radius 3 is 2.18 bits per heavy atom. The van der Waals surface area contributed by atoms with Crippen molar-refractivity contribution in [3.05, 3.63) is 48.3 Å². The summed E-state index contributed by atoms with van der Waals surface area (Å²) < 4.78 is 0. The molecule has 17 heavy (non-hydrogen) atoms. The van der Waals surface area contributed by atoms with Crippen molar-refractivity contribution in [2.75, 3.05) is 5.73 Å². The SMILES string of the molecule is CC(C)(C)c1ncc(-c2ccccc2)cc1N. The van der Waals surface area contributed by atoms with Gasteiger partial charge in [0.1, 0.15) is 0 Å². The number of aromatic nitrogens is 1. The molecular formula is C15H18N2. The normalized spacial score (nSPS) is 11.5. The van der Waals surface area contributed by atoms with Crippen molar-refractivity contribution in [2.24, 2.45) is 0 Å². The van der Waals surface area contributed by atoms with Gasteiger partial charge in [0.2, 0.25) is 0 Å².